The number of nitrogens with zero attached hydrogens (tertiary/aromatic N) is 2. The number of hydrogen-bond acceptors (Lipinski definition) is 7. The van der Waals surface area contributed by atoms with Crippen molar-refractivity contribution in [3.05, 3.63) is 18.1 Å². The second-order valence-electron chi connectivity index (χ2n) is 5.20. The predicted molar refractivity (Wildman–Crippen MR) is 83.0 cm³/mol. The molecule has 0 aliphatic carbocycles. The fourth-order valence-electron chi connectivity index (χ4n) is 2.77. The Balaban J connectivity index is 1.96. The highest BCUT2D eigenvalue weighted by molar-refractivity contribution is 7.99. The zero-order valence-electron chi connectivity index (χ0n) is 11.7. The van der Waals surface area contributed by atoms with Gasteiger partial charge in [0.2, 0.25) is 0 Å². The number of β-amino-alcohol motifs (C(OH)–C–C–N with tert-alkyl or cyclic N) is 1. The maximum Gasteiger partial charge on any atom is 0.151 e. The van der Waals surface area contributed by atoms with Gasteiger partial charge in [0.15, 0.2) is 5.82 Å². The van der Waals surface area contributed by atoms with Crippen LogP contribution in [0.15, 0.2) is 12.5 Å². The lowest BCUT2D eigenvalue weighted by atomic mass is 9.90. The summed E-state index contributed by atoms with van der Waals surface area (Å²) in [5.41, 5.74) is 6.10. The molecule has 8 heteroatoms. The van der Waals surface area contributed by atoms with Crippen LogP contribution in [0.4, 0.5) is 5.82 Å². The van der Waals surface area contributed by atoms with E-state index >= 15 is 0 Å². The van der Waals surface area contributed by atoms with Gasteiger partial charge in [0.1, 0.15) is 23.5 Å². The van der Waals surface area contributed by atoms with Crippen LogP contribution < -0.4 is 11.1 Å². The average Bonchev–Trinajstić information content (AvgIpc) is 3.03. The fraction of sp³-hybridized carbons (Fsp3) is 0.538. The number of anilines is 1. The molecule has 0 spiro atoms. The Kier molecular flexibility index (Phi) is 3.78. The summed E-state index contributed by atoms with van der Waals surface area (Å²) in [6.07, 6.45) is 2.11. The van der Waals surface area contributed by atoms with E-state index in [9.17, 15) is 10.2 Å². The Labute approximate surface area is 126 Å². The Hall–Kier alpha value is -1.35. The van der Waals surface area contributed by atoms with E-state index in [1.54, 1.807) is 18.0 Å². The van der Waals surface area contributed by atoms with Crippen LogP contribution in [0.25, 0.3) is 11.0 Å². The first kappa shape index (κ1) is 14.6. The third-order valence-electron chi connectivity index (χ3n) is 3.96. The summed E-state index contributed by atoms with van der Waals surface area (Å²) in [6.45, 7) is 2.34. The molecular weight excluding hydrogens is 290 g/mol. The predicted octanol–water partition coefficient (Wildman–Crippen LogP) is -0.187. The van der Waals surface area contributed by atoms with Gasteiger partial charge in [0.05, 0.1) is 5.52 Å². The quantitative estimate of drug-likeness (QED) is 0.531. The molecule has 1 saturated heterocycles. The molecule has 3 atom stereocenters. The first-order chi connectivity index (χ1) is 10.1. The van der Waals surface area contributed by atoms with Gasteiger partial charge in [0, 0.05) is 30.1 Å². The van der Waals surface area contributed by atoms with Crippen molar-refractivity contribution >= 4 is 28.6 Å². The maximum absolute atomic E-state index is 10.9. The highest BCUT2D eigenvalue weighted by Gasteiger charge is 2.49. The van der Waals surface area contributed by atoms with E-state index in [1.165, 1.54) is 6.33 Å². The highest BCUT2D eigenvalue weighted by Crippen LogP contribution is 2.36. The van der Waals surface area contributed by atoms with Crippen molar-refractivity contribution in [2.45, 2.75) is 24.7 Å². The molecule has 0 radical (unpaired) electrons. The van der Waals surface area contributed by atoms with Gasteiger partial charge >= 0.3 is 0 Å². The molecule has 1 fully saturated rings. The average molecular weight is 309 g/mol. The number of aromatic nitrogens is 3. The van der Waals surface area contributed by atoms with Crippen molar-refractivity contribution < 1.29 is 10.2 Å². The molecular formula is C13H19N5O2S. The van der Waals surface area contributed by atoms with E-state index in [2.05, 4.69) is 27.2 Å². The van der Waals surface area contributed by atoms with E-state index in [0.717, 1.165) is 11.5 Å². The number of aromatic amines is 1. The topological polar surface area (TPSA) is 120 Å². The number of nitrogens with one attached hydrogen (secondary N) is 2. The standard InChI is InChI=1S/C13H19N5O2S/c1-2-21-4-8-11(19)13(20,5-16-8)7-3-15-10-9(7)17-6-18-12(10)14/h3,6,8,11,15-16,19-20H,2,4-5H2,1H3,(H2,14,17,18)/t8-,11?,13?/m1/s1. The van der Waals surface area contributed by atoms with Crippen molar-refractivity contribution in [1.29, 1.82) is 0 Å². The number of nitrogen functional groups attached to an aromatic ring is 1. The van der Waals surface area contributed by atoms with Crippen LogP contribution in [-0.4, -0.2) is 55.4 Å². The smallest absolute Gasteiger partial charge is 0.151 e. The largest absolute Gasteiger partial charge is 0.388 e. The summed E-state index contributed by atoms with van der Waals surface area (Å²) < 4.78 is 0. The second-order valence-corrected chi connectivity index (χ2v) is 6.52. The minimum Gasteiger partial charge on any atom is -0.388 e. The van der Waals surface area contributed by atoms with Gasteiger partial charge < -0.3 is 26.2 Å². The Morgan fingerprint density at radius 1 is 1.52 bits per heavy atom. The molecule has 3 heterocycles. The second kappa shape index (κ2) is 5.45. The Bertz CT molecular complexity index is 649. The number of H-pyrrole nitrogens is 1. The van der Waals surface area contributed by atoms with Crippen molar-refractivity contribution in [3.63, 3.8) is 0 Å². The third kappa shape index (κ3) is 2.28. The van der Waals surface area contributed by atoms with Gasteiger partial charge in [-0.3, -0.25) is 0 Å². The van der Waals surface area contributed by atoms with Gasteiger partial charge in [-0.05, 0) is 5.75 Å². The lowest BCUT2D eigenvalue weighted by molar-refractivity contribution is -0.0513. The minimum atomic E-state index is -1.38. The third-order valence-corrected chi connectivity index (χ3v) is 4.97. The lowest BCUT2D eigenvalue weighted by Gasteiger charge is -2.27. The number of nitrogens with two attached hydrogens (primary N) is 1. The normalized spacial score (nSPS) is 29.3. The van der Waals surface area contributed by atoms with Crippen LogP contribution in [0.3, 0.4) is 0 Å². The molecule has 3 rings (SSSR count). The van der Waals surface area contributed by atoms with E-state index in [4.69, 9.17) is 5.73 Å². The Morgan fingerprint density at radius 3 is 3.10 bits per heavy atom. The van der Waals surface area contributed by atoms with Gasteiger partial charge in [-0.25, -0.2) is 9.97 Å². The summed E-state index contributed by atoms with van der Waals surface area (Å²) in [5.74, 6) is 2.05. The van der Waals surface area contributed by atoms with Crippen molar-refractivity contribution in [2.24, 2.45) is 0 Å². The lowest BCUT2D eigenvalue weighted by Crippen LogP contribution is -2.42. The summed E-state index contributed by atoms with van der Waals surface area (Å²) in [5, 5.41) is 24.6. The van der Waals surface area contributed by atoms with Gasteiger partial charge in [-0.1, -0.05) is 6.92 Å². The van der Waals surface area contributed by atoms with E-state index < -0.39 is 11.7 Å². The molecule has 2 unspecified atom stereocenters. The van der Waals surface area contributed by atoms with Crippen LogP contribution in [0, 0.1) is 0 Å². The summed E-state index contributed by atoms with van der Waals surface area (Å²) in [6, 6.07) is -0.149. The number of hydrogen-bond donors (Lipinski definition) is 5. The fourth-order valence-corrected chi connectivity index (χ4v) is 3.56. The summed E-state index contributed by atoms with van der Waals surface area (Å²) in [7, 11) is 0. The molecule has 114 valence electrons. The van der Waals surface area contributed by atoms with Crippen LogP contribution in [0.2, 0.25) is 0 Å². The SMILES string of the molecule is CCSC[C@H]1NCC(O)(c2c[nH]c3c(N)ncnc23)C1O. The zero-order valence-corrected chi connectivity index (χ0v) is 12.5. The van der Waals surface area contributed by atoms with Crippen LogP contribution in [0.1, 0.15) is 12.5 Å². The van der Waals surface area contributed by atoms with E-state index in [1.807, 2.05) is 0 Å². The molecule has 1 aliphatic rings. The summed E-state index contributed by atoms with van der Waals surface area (Å²) >= 11 is 1.73. The van der Waals surface area contributed by atoms with Crippen LogP contribution in [-0.2, 0) is 5.60 Å². The van der Waals surface area contributed by atoms with Gasteiger partial charge in [-0.15, -0.1) is 0 Å². The van der Waals surface area contributed by atoms with Gasteiger partial charge in [-0.2, -0.15) is 11.8 Å². The van der Waals surface area contributed by atoms with E-state index in [0.29, 0.717) is 22.4 Å². The zero-order chi connectivity index (χ0) is 15.0. The molecule has 21 heavy (non-hydrogen) atoms. The molecule has 2 aromatic heterocycles. The molecule has 0 saturated carbocycles. The molecule has 0 amide bonds. The number of thioether (sulfide) groups is 1. The number of fused-ring (bicyclic) bond motifs is 1. The van der Waals surface area contributed by atoms with Crippen LogP contribution in [0.5, 0.6) is 0 Å². The molecule has 6 N–H and O–H groups in total. The van der Waals surface area contributed by atoms with Crippen molar-refractivity contribution in [1.82, 2.24) is 20.3 Å². The molecule has 0 aromatic carbocycles. The Morgan fingerprint density at radius 2 is 2.33 bits per heavy atom. The number of rotatable bonds is 4. The van der Waals surface area contributed by atoms with Crippen molar-refractivity contribution in [2.75, 3.05) is 23.8 Å². The monoisotopic (exact) mass is 309 g/mol. The highest BCUT2D eigenvalue weighted by atomic mass is 32.2. The summed E-state index contributed by atoms with van der Waals surface area (Å²) in [4.78, 5) is 11.1. The minimum absolute atomic E-state index is 0.149. The number of aliphatic hydroxyl groups excluding tert-OH is 1. The first-order valence-electron chi connectivity index (χ1n) is 6.87. The molecule has 1 aliphatic heterocycles. The van der Waals surface area contributed by atoms with E-state index in [-0.39, 0.29) is 12.6 Å². The first-order valence-corrected chi connectivity index (χ1v) is 8.03. The molecule has 0 bridgehead atoms. The van der Waals surface area contributed by atoms with Gasteiger partial charge in [0.25, 0.3) is 0 Å². The van der Waals surface area contributed by atoms with Crippen molar-refractivity contribution in [3.8, 4) is 0 Å². The molecule has 7 nitrogen and oxygen atoms in total. The number of aliphatic hydroxyl groups is 2. The van der Waals surface area contributed by atoms with Crippen LogP contribution >= 0.6 is 11.8 Å². The molecule has 2 aromatic rings. The maximum atomic E-state index is 10.9.